The van der Waals surface area contributed by atoms with Crippen LogP contribution in [0, 0.1) is 17.0 Å². The van der Waals surface area contributed by atoms with Gasteiger partial charge in [-0.2, -0.15) is 0 Å². The number of aromatic nitrogens is 4. The molecule has 0 bridgehead atoms. The molecule has 0 aliphatic heterocycles. The predicted molar refractivity (Wildman–Crippen MR) is 149 cm³/mol. The SMILES string of the molecule is Cc1cccc(-n2c(CNC(=O)c3ccc([N+](=O)[O-])cc3)nnc2SCC(=O)Nc2nc3ccccc3s2)c1. The Balaban J connectivity index is 1.30. The first-order valence-corrected chi connectivity index (χ1v) is 13.5. The van der Waals surface area contributed by atoms with Crippen LogP contribution in [0.15, 0.2) is 78.0 Å². The summed E-state index contributed by atoms with van der Waals surface area (Å²) in [5.74, 6) is -0.0985. The van der Waals surface area contributed by atoms with E-state index in [2.05, 4.69) is 25.8 Å². The second-order valence-electron chi connectivity index (χ2n) is 8.38. The summed E-state index contributed by atoms with van der Waals surface area (Å²) in [4.78, 5) is 40.1. The Hall–Kier alpha value is -4.62. The summed E-state index contributed by atoms with van der Waals surface area (Å²) in [6.07, 6.45) is 0. The molecule has 0 spiro atoms. The van der Waals surface area contributed by atoms with E-state index in [1.807, 2.05) is 55.5 Å². The van der Waals surface area contributed by atoms with Crippen LogP contribution < -0.4 is 10.6 Å². The highest BCUT2D eigenvalue weighted by atomic mass is 32.2. The molecule has 5 rings (SSSR count). The summed E-state index contributed by atoms with van der Waals surface area (Å²) in [7, 11) is 0. The number of nitro benzene ring substituents is 1. The van der Waals surface area contributed by atoms with Gasteiger partial charge in [0.05, 0.1) is 27.4 Å². The van der Waals surface area contributed by atoms with Crippen LogP contribution in [0.5, 0.6) is 0 Å². The fourth-order valence-electron chi connectivity index (χ4n) is 3.74. The number of nitrogens with zero attached hydrogens (tertiary/aromatic N) is 5. The number of rotatable bonds is 9. The van der Waals surface area contributed by atoms with Crippen molar-refractivity contribution in [1.29, 1.82) is 0 Å². The fourth-order valence-corrected chi connectivity index (χ4v) is 5.39. The number of thioether (sulfide) groups is 1. The van der Waals surface area contributed by atoms with Gasteiger partial charge in [0.15, 0.2) is 16.1 Å². The highest BCUT2D eigenvalue weighted by Gasteiger charge is 2.18. The number of anilines is 1. The lowest BCUT2D eigenvalue weighted by Crippen LogP contribution is -2.24. The molecular weight excluding hydrogens is 538 g/mol. The molecule has 2 N–H and O–H groups in total. The standard InChI is InChI=1S/C26H21N7O4S2/c1-16-5-4-6-19(13-16)32-22(14-27-24(35)17-9-11-18(12-10-17)33(36)37)30-31-26(32)38-15-23(34)29-25-28-20-7-2-3-8-21(20)39-25/h2-13H,14-15H2,1H3,(H,27,35)(H,28,29,34). The Kier molecular flexibility index (Phi) is 7.61. The van der Waals surface area contributed by atoms with Crippen molar-refractivity contribution in [3.63, 3.8) is 0 Å². The Bertz CT molecular complexity index is 1650. The van der Waals surface area contributed by atoms with Crippen molar-refractivity contribution >= 4 is 55.9 Å². The normalized spacial score (nSPS) is 10.9. The molecule has 0 aliphatic rings. The molecule has 2 heterocycles. The number of fused-ring (bicyclic) bond motifs is 1. The van der Waals surface area contributed by atoms with Crippen LogP contribution in [-0.2, 0) is 11.3 Å². The maximum atomic E-state index is 12.7. The van der Waals surface area contributed by atoms with E-state index < -0.39 is 10.8 Å². The number of carbonyl (C=O) groups excluding carboxylic acids is 2. The number of hydrogen-bond acceptors (Lipinski definition) is 9. The number of nitrogens with one attached hydrogen (secondary N) is 2. The zero-order chi connectivity index (χ0) is 27.4. The molecule has 0 fully saturated rings. The molecule has 2 amide bonds. The number of para-hydroxylation sites is 1. The van der Waals surface area contributed by atoms with Crippen LogP contribution in [0.25, 0.3) is 15.9 Å². The average Bonchev–Trinajstić information content (AvgIpc) is 3.53. The third-order valence-electron chi connectivity index (χ3n) is 5.58. The lowest BCUT2D eigenvalue weighted by Gasteiger charge is -2.11. The topological polar surface area (TPSA) is 145 Å². The van der Waals surface area contributed by atoms with Gasteiger partial charge in [0.2, 0.25) is 5.91 Å². The van der Waals surface area contributed by atoms with Crippen LogP contribution in [0.3, 0.4) is 0 Å². The maximum absolute atomic E-state index is 12.7. The minimum atomic E-state index is -0.523. The Labute approximate surface area is 230 Å². The summed E-state index contributed by atoms with van der Waals surface area (Å²) in [6.45, 7) is 2.01. The van der Waals surface area contributed by atoms with Gasteiger partial charge in [0.25, 0.3) is 11.6 Å². The molecule has 5 aromatic rings. The molecule has 3 aromatic carbocycles. The van der Waals surface area contributed by atoms with Crippen LogP contribution >= 0.6 is 23.1 Å². The van der Waals surface area contributed by atoms with Gasteiger partial charge in [-0.3, -0.25) is 24.3 Å². The number of benzene rings is 3. The van der Waals surface area contributed by atoms with Crippen LogP contribution in [0.2, 0.25) is 0 Å². The highest BCUT2D eigenvalue weighted by Crippen LogP contribution is 2.27. The Morgan fingerprint density at radius 1 is 1.05 bits per heavy atom. The third-order valence-corrected chi connectivity index (χ3v) is 7.46. The minimum absolute atomic E-state index is 0.0508. The summed E-state index contributed by atoms with van der Waals surface area (Å²) >= 11 is 2.62. The molecule has 0 saturated heterocycles. The molecular formula is C26H21N7O4S2. The fraction of sp³-hybridized carbons (Fsp3) is 0.115. The van der Waals surface area contributed by atoms with E-state index in [0.29, 0.717) is 16.1 Å². The van der Waals surface area contributed by atoms with Crippen molar-refractivity contribution in [2.24, 2.45) is 0 Å². The van der Waals surface area contributed by atoms with Crippen molar-refractivity contribution in [3.05, 3.63) is 99.9 Å². The second kappa shape index (κ2) is 11.4. The van der Waals surface area contributed by atoms with Crippen molar-refractivity contribution in [3.8, 4) is 5.69 Å². The van der Waals surface area contributed by atoms with Gasteiger partial charge in [-0.1, -0.05) is 47.4 Å². The number of non-ortho nitro benzene ring substituents is 1. The average molecular weight is 560 g/mol. The van der Waals surface area contributed by atoms with Crippen LogP contribution in [0.1, 0.15) is 21.7 Å². The zero-order valence-corrected chi connectivity index (χ0v) is 22.2. The first-order valence-electron chi connectivity index (χ1n) is 11.7. The van der Waals surface area contributed by atoms with Crippen LogP contribution in [-0.4, -0.2) is 42.2 Å². The number of hydrogen-bond donors (Lipinski definition) is 2. The molecule has 196 valence electrons. The van der Waals surface area contributed by atoms with E-state index in [1.165, 1.54) is 47.4 Å². The summed E-state index contributed by atoms with van der Waals surface area (Å²) in [5, 5.41) is 26.0. The van der Waals surface area contributed by atoms with Gasteiger partial charge < -0.3 is 10.6 Å². The second-order valence-corrected chi connectivity index (χ2v) is 10.4. The van der Waals surface area contributed by atoms with Gasteiger partial charge >= 0.3 is 0 Å². The molecule has 11 nitrogen and oxygen atoms in total. The largest absolute Gasteiger partial charge is 0.345 e. The summed E-state index contributed by atoms with van der Waals surface area (Å²) in [5.41, 5.74) is 2.81. The van der Waals surface area contributed by atoms with Gasteiger partial charge in [0, 0.05) is 23.4 Å². The van der Waals surface area contributed by atoms with Crippen molar-refractivity contribution in [2.75, 3.05) is 11.1 Å². The number of carbonyl (C=O) groups is 2. The summed E-state index contributed by atoms with van der Waals surface area (Å²) in [6, 6.07) is 20.7. The first kappa shape index (κ1) is 26.0. The molecule has 13 heteroatoms. The van der Waals surface area contributed by atoms with Crippen molar-refractivity contribution in [2.45, 2.75) is 18.6 Å². The molecule has 39 heavy (non-hydrogen) atoms. The number of thiazole rings is 1. The smallest absolute Gasteiger partial charge is 0.269 e. The van der Waals surface area contributed by atoms with Gasteiger partial charge in [-0.05, 0) is 48.9 Å². The van der Waals surface area contributed by atoms with Gasteiger partial charge in [-0.15, -0.1) is 10.2 Å². The molecule has 2 aromatic heterocycles. The lowest BCUT2D eigenvalue weighted by molar-refractivity contribution is -0.384. The van der Waals surface area contributed by atoms with Crippen molar-refractivity contribution in [1.82, 2.24) is 25.1 Å². The summed E-state index contributed by atoms with van der Waals surface area (Å²) < 4.78 is 2.78. The monoisotopic (exact) mass is 559 g/mol. The van der Waals surface area contributed by atoms with Crippen LogP contribution in [0.4, 0.5) is 10.8 Å². The van der Waals surface area contributed by atoms with E-state index in [4.69, 9.17) is 0 Å². The minimum Gasteiger partial charge on any atom is -0.345 e. The van der Waals surface area contributed by atoms with Gasteiger partial charge in [0.1, 0.15) is 0 Å². The van der Waals surface area contributed by atoms with E-state index in [1.54, 1.807) is 4.57 Å². The van der Waals surface area contributed by atoms with E-state index in [-0.39, 0.29) is 29.5 Å². The quantitative estimate of drug-likeness (QED) is 0.149. The molecule has 0 unspecified atom stereocenters. The number of amides is 2. The maximum Gasteiger partial charge on any atom is 0.269 e. The third kappa shape index (κ3) is 6.10. The molecule has 0 saturated carbocycles. The lowest BCUT2D eigenvalue weighted by atomic mass is 10.2. The van der Waals surface area contributed by atoms with E-state index >= 15 is 0 Å². The number of aryl methyl sites for hydroxylation is 1. The Morgan fingerprint density at radius 3 is 2.59 bits per heavy atom. The Morgan fingerprint density at radius 2 is 1.85 bits per heavy atom. The highest BCUT2D eigenvalue weighted by molar-refractivity contribution is 7.99. The van der Waals surface area contributed by atoms with E-state index in [9.17, 15) is 19.7 Å². The molecule has 0 aliphatic carbocycles. The predicted octanol–water partition coefficient (Wildman–Crippen LogP) is 4.75. The van der Waals surface area contributed by atoms with Gasteiger partial charge in [-0.25, -0.2) is 4.98 Å². The number of nitro groups is 1. The molecule has 0 radical (unpaired) electrons. The first-order chi connectivity index (χ1) is 18.9. The zero-order valence-electron chi connectivity index (χ0n) is 20.5. The molecule has 0 atom stereocenters. The van der Waals surface area contributed by atoms with E-state index in [0.717, 1.165) is 21.5 Å². The van der Waals surface area contributed by atoms with Crippen molar-refractivity contribution < 1.29 is 14.5 Å².